The van der Waals surface area contributed by atoms with Crippen LogP contribution in [-0.4, -0.2) is 57.5 Å². The molecule has 3 rings (SSSR count). The molecule has 0 spiro atoms. The molecule has 114 valence electrons. The lowest BCUT2D eigenvalue weighted by Gasteiger charge is -2.32. The molecular weight excluding hydrogens is 284 g/mol. The Morgan fingerprint density at radius 2 is 2.09 bits per heavy atom. The molecule has 0 saturated carbocycles. The first-order valence-corrected chi connectivity index (χ1v) is 6.95. The summed E-state index contributed by atoms with van der Waals surface area (Å²) in [6.45, 7) is 1.36. The highest BCUT2D eigenvalue weighted by atomic mass is 16.5. The zero-order valence-corrected chi connectivity index (χ0v) is 12.1. The maximum atomic E-state index is 12.4. The zero-order valence-electron chi connectivity index (χ0n) is 12.1. The Hall–Kier alpha value is -2.61. The molecule has 2 aromatic heterocycles. The molecule has 1 saturated heterocycles. The van der Waals surface area contributed by atoms with Crippen molar-refractivity contribution in [1.29, 1.82) is 0 Å². The van der Waals surface area contributed by atoms with E-state index in [2.05, 4.69) is 25.3 Å². The van der Waals surface area contributed by atoms with Crippen LogP contribution in [0.4, 0.5) is 5.82 Å². The Balaban J connectivity index is 1.78. The number of ether oxygens (including phenoxy) is 1. The summed E-state index contributed by atoms with van der Waals surface area (Å²) in [5.41, 5.74) is 1.03. The second-order valence-corrected chi connectivity index (χ2v) is 4.74. The van der Waals surface area contributed by atoms with Crippen LogP contribution in [0.3, 0.4) is 0 Å². The quantitative estimate of drug-likeness (QED) is 0.883. The summed E-state index contributed by atoms with van der Waals surface area (Å²) in [5.74, 6) is 0.498. The molecule has 1 aliphatic rings. The van der Waals surface area contributed by atoms with Gasteiger partial charge in [0, 0.05) is 38.4 Å². The van der Waals surface area contributed by atoms with E-state index in [0.717, 1.165) is 0 Å². The second kappa shape index (κ2) is 6.44. The van der Waals surface area contributed by atoms with Gasteiger partial charge in [-0.2, -0.15) is 0 Å². The van der Waals surface area contributed by atoms with Crippen molar-refractivity contribution in [3.8, 4) is 0 Å². The standard InChI is InChI=1S/C14H16N6O2/c1-15-13-12(18-4-5-19-13)11-9-20(6-7-22-11)14(21)10-8-16-2-3-17-10/h2-5,8,11H,6-7,9H2,1H3,(H,15,19)/t11-/m1/s1. The summed E-state index contributed by atoms with van der Waals surface area (Å²) in [6.07, 6.45) is 7.42. The van der Waals surface area contributed by atoms with Gasteiger partial charge in [0.15, 0.2) is 0 Å². The summed E-state index contributed by atoms with van der Waals surface area (Å²) < 4.78 is 5.75. The van der Waals surface area contributed by atoms with Gasteiger partial charge in [-0.25, -0.2) is 9.97 Å². The van der Waals surface area contributed by atoms with Crippen molar-refractivity contribution in [2.75, 3.05) is 32.1 Å². The molecule has 1 aliphatic heterocycles. The number of morpholine rings is 1. The molecule has 1 N–H and O–H groups in total. The third-order valence-electron chi connectivity index (χ3n) is 3.40. The number of carbonyl (C=O) groups excluding carboxylic acids is 1. The Labute approximate surface area is 127 Å². The van der Waals surface area contributed by atoms with E-state index in [1.165, 1.54) is 18.6 Å². The van der Waals surface area contributed by atoms with Crippen molar-refractivity contribution in [1.82, 2.24) is 24.8 Å². The number of hydrogen-bond acceptors (Lipinski definition) is 7. The molecule has 0 aliphatic carbocycles. The van der Waals surface area contributed by atoms with Gasteiger partial charge in [0.05, 0.1) is 19.3 Å². The van der Waals surface area contributed by atoms with Gasteiger partial charge < -0.3 is 15.0 Å². The molecule has 0 bridgehead atoms. The summed E-state index contributed by atoms with van der Waals surface area (Å²) in [6, 6.07) is 0. The van der Waals surface area contributed by atoms with Crippen molar-refractivity contribution in [3.05, 3.63) is 42.4 Å². The van der Waals surface area contributed by atoms with Crippen LogP contribution in [0.2, 0.25) is 0 Å². The van der Waals surface area contributed by atoms with E-state index < -0.39 is 0 Å². The van der Waals surface area contributed by atoms with E-state index in [1.807, 2.05) is 0 Å². The molecule has 2 aromatic rings. The van der Waals surface area contributed by atoms with Crippen molar-refractivity contribution in [2.24, 2.45) is 0 Å². The molecule has 0 unspecified atom stereocenters. The molecule has 8 nitrogen and oxygen atoms in total. The molecule has 8 heteroatoms. The third-order valence-corrected chi connectivity index (χ3v) is 3.40. The van der Waals surface area contributed by atoms with Crippen LogP contribution in [-0.2, 0) is 4.74 Å². The Morgan fingerprint density at radius 1 is 1.27 bits per heavy atom. The van der Waals surface area contributed by atoms with Gasteiger partial charge in [-0.1, -0.05) is 0 Å². The summed E-state index contributed by atoms with van der Waals surface area (Å²) in [7, 11) is 1.78. The van der Waals surface area contributed by atoms with E-state index in [0.29, 0.717) is 36.9 Å². The maximum Gasteiger partial charge on any atom is 0.274 e. The van der Waals surface area contributed by atoms with Gasteiger partial charge in [-0.3, -0.25) is 14.8 Å². The fourth-order valence-corrected chi connectivity index (χ4v) is 2.35. The predicted molar refractivity (Wildman–Crippen MR) is 78.2 cm³/mol. The molecular formula is C14H16N6O2. The Kier molecular flexibility index (Phi) is 4.19. The van der Waals surface area contributed by atoms with Crippen molar-refractivity contribution >= 4 is 11.7 Å². The first-order chi connectivity index (χ1) is 10.8. The molecule has 22 heavy (non-hydrogen) atoms. The lowest BCUT2D eigenvalue weighted by molar-refractivity contribution is -0.0247. The second-order valence-electron chi connectivity index (χ2n) is 4.74. The number of nitrogens with one attached hydrogen (secondary N) is 1. The molecule has 1 atom stereocenters. The average Bonchev–Trinajstić information content (AvgIpc) is 2.62. The monoisotopic (exact) mass is 300 g/mol. The largest absolute Gasteiger partial charge is 0.372 e. The summed E-state index contributed by atoms with van der Waals surface area (Å²) in [4.78, 5) is 30.7. The highest BCUT2D eigenvalue weighted by molar-refractivity contribution is 5.92. The van der Waals surface area contributed by atoms with E-state index in [-0.39, 0.29) is 12.0 Å². The molecule has 0 aromatic carbocycles. The fraction of sp³-hybridized carbons (Fsp3) is 0.357. The minimum atomic E-state index is -0.314. The third kappa shape index (κ3) is 2.86. The van der Waals surface area contributed by atoms with Gasteiger partial charge in [-0.05, 0) is 0 Å². The smallest absolute Gasteiger partial charge is 0.274 e. The van der Waals surface area contributed by atoms with Crippen LogP contribution >= 0.6 is 0 Å². The van der Waals surface area contributed by atoms with Crippen LogP contribution in [0.15, 0.2) is 31.0 Å². The van der Waals surface area contributed by atoms with Gasteiger partial charge in [-0.15, -0.1) is 0 Å². The van der Waals surface area contributed by atoms with E-state index in [4.69, 9.17) is 4.74 Å². The number of anilines is 1. The SMILES string of the molecule is CNc1nccnc1[C@H]1CN(C(=O)c2cnccn2)CCO1. The van der Waals surface area contributed by atoms with Crippen molar-refractivity contribution in [3.63, 3.8) is 0 Å². The number of amides is 1. The molecule has 1 fully saturated rings. The minimum Gasteiger partial charge on any atom is -0.372 e. The van der Waals surface area contributed by atoms with Crippen LogP contribution in [0.1, 0.15) is 22.3 Å². The zero-order chi connectivity index (χ0) is 15.4. The topological polar surface area (TPSA) is 93.1 Å². The van der Waals surface area contributed by atoms with Gasteiger partial charge >= 0.3 is 0 Å². The summed E-state index contributed by atoms with van der Waals surface area (Å²) in [5, 5.41) is 2.99. The molecule has 1 amide bonds. The Bertz CT molecular complexity index is 651. The van der Waals surface area contributed by atoms with Gasteiger partial charge in [0.2, 0.25) is 0 Å². The van der Waals surface area contributed by atoms with Gasteiger partial charge in [0.1, 0.15) is 23.3 Å². The highest BCUT2D eigenvalue weighted by Gasteiger charge is 2.29. The minimum absolute atomic E-state index is 0.156. The number of nitrogens with zero attached hydrogens (tertiary/aromatic N) is 5. The lowest BCUT2D eigenvalue weighted by atomic mass is 10.2. The Morgan fingerprint density at radius 3 is 2.86 bits per heavy atom. The van der Waals surface area contributed by atoms with E-state index >= 15 is 0 Å². The van der Waals surface area contributed by atoms with Crippen molar-refractivity contribution in [2.45, 2.75) is 6.10 Å². The van der Waals surface area contributed by atoms with E-state index in [9.17, 15) is 4.79 Å². The highest BCUT2D eigenvalue weighted by Crippen LogP contribution is 2.25. The molecule has 3 heterocycles. The van der Waals surface area contributed by atoms with Crippen LogP contribution < -0.4 is 5.32 Å². The number of carbonyl (C=O) groups is 1. The maximum absolute atomic E-state index is 12.4. The first kappa shape index (κ1) is 14.3. The predicted octanol–water partition coefficient (Wildman–Crippen LogP) is 0.522. The van der Waals surface area contributed by atoms with E-state index in [1.54, 1.807) is 24.3 Å². The lowest BCUT2D eigenvalue weighted by Crippen LogP contribution is -2.43. The average molecular weight is 300 g/mol. The normalized spacial score (nSPS) is 18.0. The van der Waals surface area contributed by atoms with Crippen LogP contribution in [0.5, 0.6) is 0 Å². The first-order valence-electron chi connectivity index (χ1n) is 6.95. The number of hydrogen-bond donors (Lipinski definition) is 1. The number of rotatable bonds is 3. The van der Waals surface area contributed by atoms with Crippen LogP contribution in [0.25, 0.3) is 0 Å². The van der Waals surface area contributed by atoms with Crippen molar-refractivity contribution < 1.29 is 9.53 Å². The fourth-order valence-electron chi connectivity index (χ4n) is 2.35. The summed E-state index contributed by atoms with van der Waals surface area (Å²) >= 11 is 0. The van der Waals surface area contributed by atoms with Gasteiger partial charge in [0.25, 0.3) is 5.91 Å². The molecule has 0 radical (unpaired) electrons. The number of aromatic nitrogens is 4. The van der Waals surface area contributed by atoms with Crippen LogP contribution in [0, 0.1) is 0 Å².